The zero-order valence-corrected chi connectivity index (χ0v) is 20.6. The summed E-state index contributed by atoms with van der Waals surface area (Å²) in [5, 5.41) is 2.87. The highest BCUT2D eigenvalue weighted by molar-refractivity contribution is 6.05. The number of furan rings is 1. The van der Waals surface area contributed by atoms with Gasteiger partial charge in [-0.05, 0) is 61.7 Å². The first-order valence-electron chi connectivity index (χ1n) is 12.5. The topological polar surface area (TPSA) is 78.3 Å². The lowest BCUT2D eigenvalue weighted by Gasteiger charge is -2.39. The van der Waals surface area contributed by atoms with Gasteiger partial charge >= 0.3 is 0 Å². The van der Waals surface area contributed by atoms with Crippen molar-refractivity contribution in [2.75, 3.05) is 61.5 Å². The maximum atomic E-state index is 13.6. The Bertz CT molecular complexity index is 1200. The molecule has 0 unspecified atom stereocenters. The number of anilines is 3. The molecule has 0 bridgehead atoms. The standard InChI is InChI=1S/C28H32N4O4/c1-35-25-9-4-3-8-24(25)31-17-15-30(16-18-31)23-12-11-21(29-27(33)26-10-7-19-36-26)20-22(23)28(34)32-13-5-2-6-14-32/h3-4,7-12,19-20H,2,5-6,13-18H2,1H3,(H,29,33). The number of rotatable bonds is 6. The smallest absolute Gasteiger partial charge is 0.291 e. The molecule has 36 heavy (non-hydrogen) atoms. The zero-order valence-electron chi connectivity index (χ0n) is 20.6. The Morgan fingerprint density at radius 2 is 1.56 bits per heavy atom. The molecular formula is C28H32N4O4. The first-order chi connectivity index (χ1) is 17.6. The number of nitrogens with zero attached hydrogens (tertiary/aromatic N) is 3. The quantitative estimate of drug-likeness (QED) is 0.551. The Kier molecular flexibility index (Phi) is 7.11. The highest BCUT2D eigenvalue weighted by atomic mass is 16.5. The number of piperazine rings is 1. The van der Waals surface area contributed by atoms with Gasteiger partial charge in [0.15, 0.2) is 5.76 Å². The number of piperidine rings is 1. The second-order valence-corrected chi connectivity index (χ2v) is 9.16. The van der Waals surface area contributed by atoms with E-state index in [1.165, 1.54) is 6.26 Å². The molecule has 3 heterocycles. The lowest BCUT2D eigenvalue weighted by Crippen LogP contribution is -2.47. The summed E-state index contributed by atoms with van der Waals surface area (Å²) in [7, 11) is 1.69. The molecule has 188 valence electrons. The van der Waals surface area contributed by atoms with Crippen LogP contribution in [0.15, 0.2) is 65.3 Å². The van der Waals surface area contributed by atoms with Crippen molar-refractivity contribution in [2.45, 2.75) is 19.3 Å². The van der Waals surface area contributed by atoms with Crippen LogP contribution in [0, 0.1) is 0 Å². The predicted molar refractivity (Wildman–Crippen MR) is 140 cm³/mol. The van der Waals surface area contributed by atoms with E-state index in [2.05, 4.69) is 21.2 Å². The Morgan fingerprint density at radius 3 is 2.25 bits per heavy atom. The van der Waals surface area contributed by atoms with Crippen LogP contribution < -0.4 is 19.9 Å². The number of hydrogen-bond acceptors (Lipinski definition) is 6. The fourth-order valence-electron chi connectivity index (χ4n) is 5.01. The van der Waals surface area contributed by atoms with E-state index in [1.807, 2.05) is 35.2 Å². The minimum atomic E-state index is -0.338. The fraction of sp³-hybridized carbons (Fsp3) is 0.357. The van der Waals surface area contributed by atoms with Gasteiger partial charge in [-0.1, -0.05) is 12.1 Å². The van der Waals surface area contributed by atoms with Gasteiger partial charge < -0.3 is 29.2 Å². The number of nitrogens with one attached hydrogen (secondary N) is 1. The molecule has 1 N–H and O–H groups in total. The van der Waals surface area contributed by atoms with Gasteiger partial charge in [-0.25, -0.2) is 0 Å². The Labute approximate surface area is 211 Å². The predicted octanol–water partition coefficient (Wildman–Crippen LogP) is 4.49. The summed E-state index contributed by atoms with van der Waals surface area (Å²) in [6, 6.07) is 17.0. The van der Waals surface area contributed by atoms with Gasteiger partial charge in [-0.15, -0.1) is 0 Å². The molecule has 2 saturated heterocycles. The molecule has 0 spiro atoms. The summed E-state index contributed by atoms with van der Waals surface area (Å²) >= 11 is 0. The van der Waals surface area contributed by atoms with Crippen molar-refractivity contribution < 1.29 is 18.7 Å². The minimum absolute atomic E-state index is 0.0194. The number of para-hydroxylation sites is 2. The van der Waals surface area contributed by atoms with Crippen molar-refractivity contribution in [1.29, 1.82) is 0 Å². The average Bonchev–Trinajstić information content (AvgIpc) is 3.49. The number of amides is 2. The van der Waals surface area contributed by atoms with E-state index in [9.17, 15) is 9.59 Å². The van der Waals surface area contributed by atoms with E-state index < -0.39 is 0 Å². The van der Waals surface area contributed by atoms with Crippen LogP contribution in [0.3, 0.4) is 0 Å². The van der Waals surface area contributed by atoms with Crippen LogP contribution in [-0.2, 0) is 0 Å². The van der Waals surface area contributed by atoms with Gasteiger partial charge in [0.2, 0.25) is 0 Å². The highest BCUT2D eigenvalue weighted by Crippen LogP contribution is 2.32. The van der Waals surface area contributed by atoms with Gasteiger partial charge in [0, 0.05) is 50.6 Å². The molecular weight excluding hydrogens is 456 g/mol. The van der Waals surface area contributed by atoms with Crippen LogP contribution in [0.1, 0.15) is 40.2 Å². The monoisotopic (exact) mass is 488 g/mol. The molecule has 0 saturated carbocycles. The van der Waals surface area contributed by atoms with E-state index in [1.54, 1.807) is 25.3 Å². The van der Waals surface area contributed by atoms with Gasteiger partial charge in [0.05, 0.1) is 24.6 Å². The number of benzene rings is 2. The van der Waals surface area contributed by atoms with Gasteiger partial charge in [0.1, 0.15) is 5.75 Å². The van der Waals surface area contributed by atoms with Crippen molar-refractivity contribution in [2.24, 2.45) is 0 Å². The molecule has 2 aliphatic rings. The van der Waals surface area contributed by atoms with E-state index in [4.69, 9.17) is 9.15 Å². The zero-order chi connectivity index (χ0) is 24.9. The fourth-order valence-corrected chi connectivity index (χ4v) is 5.01. The Balaban J connectivity index is 1.38. The van der Waals surface area contributed by atoms with Gasteiger partial charge in [-0.2, -0.15) is 0 Å². The van der Waals surface area contributed by atoms with Crippen LogP contribution >= 0.6 is 0 Å². The van der Waals surface area contributed by atoms with Crippen LogP contribution in [-0.4, -0.2) is 63.1 Å². The number of methoxy groups -OCH3 is 1. The molecule has 0 atom stereocenters. The van der Waals surface area contributed by atoms with Crippen LogP contribution in [0.25, 0.3) is 0 Å². The molecule has 0 aliphatic carbocycles. The number of carbonyl (C=O) groups excluding carboxylic acids is 2. The number of likely N-dealkylation sites (tertiary alicyclic amines) is 1. The molecule has 2 aliphatic heterocycles. The van der Waals surface area contributed by atoms with Crippen LogP contribution in [0.5, 0.6) is 5.75 Å². The third kappa shape index (κ3) is 5.03. The third-order valence-corrected chi connectivity index (χ3v) is 6.92. The molecule has 0 radical (unpaired) electrons. The number of ether oxygens (including phenoxy) is 1. The minimum Gasteiger partial charge on any atom is -0.495 e. The average molecular weight is 489 g/mol. The maximum Gasteiger partial charge on any atom is 0.291 e. The first kappa shape index (κ1) is 23.8. The van der Waals surface area contributed by atoms with E-state index in [0.717, 1.165) is 75.7 Å². The first-order valence-corrected chi connectivity index (χ1v) is 12.5. The lowest BCUT2D eigenvalue weighted by molar-refractivity contribution is 0.0724. The SMILES string of the molecule is COc1ccccc1N1CCN(c2ccc(NC(=O)c3ccco3)cc2C(=O)N2CCCCC2)CC1. The summed E-state index contributed by atoms with van der Waals surface area (Å²) in [5.74, 6) is 0.777. The number of hydrogen-bond donors (Lipinski definition) is 1. The summed E-state index contributed by atoms with van der Waals surface area (Å²) in [5.41, 5.74) is 3.19. The van der Waals surface area contributed by atoms with E-state index in [-0.39, 0.29) is 17.6 Å². The largest absolute Gasteiger partial charge is 0.495 e. The Hall–Kier alpha value is -3.94. The van der Waals surface area contributed by atoms with Crippen LogP contribution in [0.2, 0.25) is 0 Å². The summed E-state index contributed by atoms with van der Waals surface area (Å²) < 4.78 is 10.8. The van der Waals surface area contributed by atoms with Crippen molar-refractivity contribution in [3.05, 3.63) is 72.2 Å². The summed E-state index contributed by atoms with van der Waals surface area (Å²) in [6.45, 7) is 4.71. The van der Waals surface area contributed by atoms with Crippen molar-refractivity contribution >= 4 is 28.9 Å². The van der Waals surface area contributed by atoms with E-state index in [0.29, 0.717) is 11.3 Å². The molecule has 1 aromatic heterocycles. The summed E-state index contributed by atoms with van der Waals surface area (Å²) in [6.07, 6.45) is 4.66. The van der Waals surface area contributed by atoms with Crippen LogP contribution in [0.4, 0.5) is 17.1 Å². The highest BCUT2D eigenvalue weighted by Gasteiger charge is 2.27. The van der Waals surface area contributed by atoms with Gasteiger partial charge in [-0.3, -0.25) is 9.59 Å². The van der Waals surface area contributed by atoms with Crippen molar-refractivity contribution in [3.63, 3.8) is 0 Å². The molecule has 8 heteroatoms. The Morgan fingerprint density at radius 1 is 0.833 bits per heavy atom. The van der Waals surface area contributed by atoms with Crippen molar-refractivity contribution in [1.82, 2.24) is 4.90 Å². The maximum absolute atomic E-state index is 13.6. The molecule has 8 nitrogen and oxygen atoms in total. The van der Waals surface area contributed by atoms with Gasteiger partial charge in [0.25, 0.3) is 11.8 Å². The lowest BCUT2D eigenvalue weighted by atomic mass is 10.1. The second-order valence-electron chi connectivity index (χ2n) is 9.16. The van der Waals surface area contributed by atoms with Crippen molar-refractivity contribution in [3.8, 4) is 5.75 Å². The number of carbonyl (C=O) groups is 2. The van der Waals surface area contributed by atoms with E-state index >= 15 is 0 Å². The molecule has 5 rings (SSSR count). The molecule has 2 aromatic carbocycles. The third-order valence-electron chi connectivity index (χ3n) is 6.92. The molecule has 2 fully saturated rings. The second kappa shape index (κ2) is 10.8. The molecule has 2 amide bonds. The normalized spacial score (nSPS) is 16.1. The summed E-state index contributed by atoms with van der Waals surface area (Å²) in [4.78, 5) is 32.7. The molecule has 3 aromatic rings.